The van der Waals surface area contributed by atoms with Crippen molar-refractivity contribution in [2.24, 2.45) is 0 Å². The largest absolute Gasteiger partial charge is 0.365 e. The van der Waals surface area contributed by atoms with Gasteiger partial charge in [-0.1, -0.05) is 19.9 Å². The fraction of sp³-hybridized carbons (Fsp3) is 0.625. The molecule has 1 fully saturated rings. The van der Waals surface area contributed by atoms with Crippen molar-refractivity contribution < 1.29 is 0 Å². The second-order valence-electron chi connectivity index (χ2n) is 5.80. The quantitative estimate of drug-likeness (QED) is 0.899. The van der Waals surface area contributed by atoms with Crippen molar-refractivity contribution in [3.63, 3.8) is 0 Å². The molecule has 0 saturated carbocycles. The standard InChI is InChI=1S/C16H25BrN2/c1-5-16(6-2)11-19(13(4)10-18-16)15-9-12(3)7-8-14(15)17/h7-9,13,18H,5-6,10-11H2,1-4H3. The number of benzene rings is 1. The molecule has 1 aliphatic rings. The molecule has 1 atom stereocenters. The number of nitrogens with one attached hydrogen (secondary N) is 1. The molecular weight excluding hydrogens is 300 g/mol. The molecule has 0 aliphatic carbocycles. The zero-order valence-corrected chi connectivity index (χ0v) is 14.0. The predicted octanol–water partition coefficient (Wildman–Crippen LogP) is 4.11. The Morgan fingerprint density at radius 1 is 1.37 bits per heavy atom. The first-order valence-corrected chi connectivity index (χ1v) is 8.08. The Balaban J connectivity index is 2.33. The van der Waals surface area contributed by atoms with Gasteiger partial charge in [-0.25, -0.2) is 0 Å². The summed E-state index contributed by atoms with van der Waals surface area (Å²) in [6, 6.07) is 7.15. The first-order valence-electron chi connectivity index (χ1n) is 7.29. The van der Waals surface area contributed by atoms with Gasteiger partial charge >= 0.3 is 0 Å². The number of rotatable bonds is 3. The predicted molar refractivity (Wildman–Crippen MR) is 87.0 cm³/mol. The summed E-state index contributed by atoms with van der Waals surface area (Å²) in [4.78, 5) is 2.56. The summed E-state index contributed by atoms with van der Waals surface area (Å²) in [5.74, 6) is 0. The van der Waals surface area contributed by atoms with Crippen LogP contribution in [-0.2, 0) is 0 Å². The number of nitrogens with zero attached hydrogens (tertiary/aromatic N) is 1. The van der Waals surface area contributed by atoms with Crippen LogP contribution in [0.2, 0.25) is 0 Å². The van der Waals surface area contributed by atoms with E-state index < -0.39 is 0 Å². The average Bonchev–Trinajstić information content (AvgIpc) is 2.43. The molecule has 1 heterocycles. The lowest BCUT2D eigenvalue weighted by Crippen LogP contribution is -2.63. The van der Waals surface area contributed by atoms with Gasteiger partial charge in [-0.15, -0.1) is 0 Å². The van der Waals surface area contributed by atoms with Gasteiger partial charge in [0.2, 0.25) is 0 Å². The Kier molecular flexibility index (Phi) is 4.57. The molecule has 1 saturated heterocycles. The topological polar surface area (TPSA) is 15.3 Å². The van der Waals surface area contributed by atoms with Crippen LogP contribution in [0.3, 0.4) is 0 Å². The van der Waals surface area contributed by atoms with Gasteiger partial charge in [0.25, 0.3) is 0 Å². The van der Waals surface area contributed by atoms with Crippen molar-refractivity contribution in [3.8, 4) is 0 Å². The highest BCUT2D eigenvalue weighted by atomic mass is 79.9. The lowest BCUT2D eigenvalue weighted by atomic mass is 9.88. The van der Waals surface area contributed by atoms with Gasteiger partial charge in [-0.2, -0.15) is 0 Å². The Morgan fingerprint density at radius 3 is 2.68 bits per heavy atom. The number of halogens is 1. The maximum Gasteiger partial charge on any atom is 0.0516 e. The fourth-order valence-electron chi connectivity index (χ4n) is 2.90. The molecule has 0 amide bonds. The lowest BCUT2D eigenvalue weighted by Gasteiger charge is -2.48. The number of anilines is 1. The van der Waals surface area contributed by atoms with Crippen LogP contribution in [0.4, 0.5) is 5.69 Å². The van der Waals surface area contributed by atoms with Crippen LogP contribution in [0, 0.1) is 6.92 Å². The van der Waals surface area contributed by atoms with Crippen LogP contribution in [0.5, 0.6) is 0 Å². The molecule has 1 N–H and O–H groups in total. The molecule has 2 rings (SSSR count). The van der Waals surface area contributed by atoms with Gasteiger partial charge in [0, 0.05) is 29.1 Å². The maximum absolute atomic E-state index is 3.76. The molecule has 2 nitrogen and oxygen atoms in total. The zero-order valence-electron chi connectivity index (χ0n) is 12.5. The molecule has 3 heteroatoms. The summed E-state index contributed by atoms with van der Waals surface area (Å²) in [5, 5.41) is 3.76. The third kappa shape index (κ3) is 2.97. The Morgan fingerprint density at radius 2 is 2.05 bits per heavy atom. The fourth-order valence-corrected chi connectivity index (χ4v) is 3.38. The molecule has 1 aliphatic heterocycles. The van der Waals surface area contributed by atoms with Gasteiger partial charge < -0.3 is 10.2 Å². The molecule has 1 aromatic rings. The van der Waals surface area contributed by atoms with E-state index in [1.54, 1.807) is 0 Å². The molecule has 0 aromatic heterocycles. The number of piperazine rings is 1. The van der Waals surface area contributed by atoms with Crippen molar-refractivity contribution in [1.82, 2.24) is 5.32 Å². The van der Waals surface area contributed by atoms with E-state index in [4.69, 9.17) is 0 Å². The molecule has 0 radical (unpaired) electrons. The average molecular weight is 325 g/mol. The minimum absolute atomic E-state index is 0.260. The molecule has 1 unspecified atom stereocenters. The van der Waals surface area contributed by atoms with E-state index in [1.165, 1.54) is 28.6 Å². The van der Waals surface area contributed by atoms with E-state index in [0.717, 1.165) is 13.1 Å². The summed E-state index contributed by atoms with van der Waals surface area (Å²) in [7, 11) is 0. The van der Waals surface area contributed by atoms with Crippen LogP contribution in [0.15, 0.2) is 22.7 Å². The molecule has 1 aromatic carbocycles. The minimum atomic E-state index is 0.260. The van der Waals surface area contributed by atoms with E-state index in [1.807, 2.05) is 0 Å². The van der Waals surface area contributed by atoms with Gasteiger partial charge in [-0.3, -0.25) is 0 Å². The smallest absolute Gasteiger partial charge is 0.0516 e. The van der Waals surface area contributed by atoms with Gasteiger partial charge in [0.1, 0.15) is 0 Å². The summed E-state index contributed by atoms with van der Waals surface area (Å²) < 4.78 is 1.20. The zero-order chi connectivity index (χ0) is 14.0. The van der Waals surface area contributed by atoms with E-state index >= 15 is 0 Å². The molecule has 0 spiro atoms. The van der Waals surface area contributed by atoms with Gasteiger partial charge in [0.05, 0.1) is 5.69 Å². The Hall–Kier alpha value is -0.540. The third-order valence-electron chi connectivity index (χ3n) is 4.54. The van der Waals surface area contributed by atoms with Crippen LogP contribution in [-0.4, -0.2) is 24.7 Å². The van der Waals surface area contributed by atoms with Crippen LogP contribution >= 0.6 is 15.9 Å². The Labute approximate surface area is 125 Å². The number of aryl methyl sites for hydroxylation is 1. The van der Waals surface area contributed by atoms with Crippen molar-refractivity contribution in [2.45, 2.75) is 52.1 Å². The van der Waals surface area contributed by atoms with Crippen LogP contribution in [0.1, 0.15) is 39.2 Å². The van der Waals surface area contributed by atoms with Crippen molar-refractivity contribution in [3.05, 3.63) is 28.2 Å². The van der Waals surface area contributed by atoms with Gasteiger partial charge in [-0.05, 0) is 60.3 Å². The molecule has 0 bridgehead atoms. The van der Waals surface area contributed by atoms with Gasteiger partial charge in [0.15, 0.2) is 0 Å². The Bertz CT molecular complexity index is 440. The second kappa shape index (κ2) is 5.84. The maximum atomic E-state index is 3.76. The molecular formula is C16H25BrN2. The van der Waals surface area contributed by atoms with Crippen LogP contribution in [0.25, 0.3) is 0 Å². The van der Waals surface area contributed by atoms with Crippen molar-refractivity contribution >= 4 is 21.6 Å². The highest BCUT2D eigenvalue weighted by molar-refractivity contribution is 9.10. The highest BCUT2D eigenvalue weighted by Gasteiger charge is 2.35. The van der Waals surface area contributed by atoms with Crippen molar-refractivity contribution in [2.75, 3.05) is 18.0 Å². The summed E-state index contributed by atoms with van der Waals surface area (Å²) in [6.45, 7) is 11.2. The highest BCUT2D eigenvalue weighted by Crippen LogP contribution is 2.33. The SMILES string of the molecule is CCC1(CC)CN(c2cc(C)ccc2Br)C(C)CN1. The second-order valence-corrected chi connectivity index (χ2v) is 6.65. The summed E-state index contributed by atoms with van der Waals surface area (Å²) in [6.07, 6.45) is 2.35. The third-order valence-corrected chi connectivity index (χ3v) is 5.21. The van der Waals surface area contributed by atoms with E-state index in [0.29, 0.717) is 6.04 Å². The summed E-state index contributed by atoms with van der Waals surface area (Å²) in [5.41, 5.74) is 2.91. The normalized spacial score (nSPS) is 22.6. The lowest BCUT2D eigenvalue weighted by molar-refractivity contribution is 0.253. The van der Waals surface area contributed by atoms with Crippen molar-refractivity contribution in [1.29, 1.82) is 0 Å². The van der Waals surface area contributed by atoms with E-state index in [2.05, 4.69) is 72.0 Å². The van der Waals surface area contributed by atoms with E-state index in [9.17, 15) is 0 Å². The monoisotopic (exact) mass is 324 g/mol. The first kappa shape index (κ1) is 14.9. The number of hydrogen-bond acceptors (Lipinski definition) is 2. The summed E-state index contributed by atoms with van der Waals surface area (Å²) >= 11 is 3.71. The molecule has 19 heavy (non-hydrogen) atoms. The minimum Gasteiger partial charge on any atom is -0.365 e. The molecule has 106 valence electrons. The van der Waals surface area contributed by atoms with Crippen LogP contribution < -0.4 is 10.2 Å². The van der Waals surface area contributed by atoms with E-state index in [-0.39, 0.29) is 5.54 Å². The number of hydrogen-bond donors (Lipinski definition) is 1. The first-order chi connectivity index (χ1) is 9.01.